The predicted octanol–water partition coefficient (Wildman–Crippen LogP) is 4.35. The fourth-order valence-electron chi connectivity index (χ4n) is 3.06. The van der Waals surface area contributed by atoms with Crippen LogP contribution in [-0.2, 0) is 0 Å². The van der Waals surface area contributed by atoms with Crippen molar-refractivity contribution in [2.45, 2.75) is 13.8 Å². The minimum absolute atomic E-state index is 0.265. The highest BCUT2D eigenvalue weighted by Crippen LogP contribution is 2.30. The number of carbonyl (C=O) groups is 1. The normalized spacial score (nSPS) is 10.9. The molecule has 7 nitrogen and oxygen atoms in total. The number of rotatable bonds is 4. The highest BCUT2D eigenvalue weighted by atomic mass is 35.5. The number of fused-ring (bicyclic) bond motifs is 1. The van der Waals surface area contributed by atoms with Gasteiger partial charge < -0.3 is 10.1 Å². The monoisotopic (exact) mass is 407 g/mol. The SMILES string of the molecule is COc1ccc(-n2nc(C)c3c(Cl)c(C(=O)Nc4ncccc4C)cnc32)cc1. The Balaban J connectivity index is 1.75. The second-order valence-corrected chi connectivity index (χ2v) is 6.88. The van der Waals surface area contributed by atoms with Crippen LogP contribution in [0.1, 0.15) is 21.6 Å². The molecule has 0 aliphatic heterocycles. The summed E-state index contributed by atoms with van der Waals surface area (Å²) in [5, 5.41) is 8.28. The van der Waals surface area contributed by atoms with Crippen molar-refractivity contribution in [3.63, 3.8) is 0 Å². The smallest absolute Gasteiger partial charge is 0.259 e. The molecule has 0 saturated carbocycles. The molecule has 4 rings (SSSR count). The lowest BCUT2D eigenvalue weighted by Crippen LogP contribution is -2.15. The standard InChI is InChI=1S/C21H18ClN5O2/c1-12-5-4-10-23-19(12)25-21(28)16-11-24-20-17(18(16)22)13(2)26-27(20)14-6-8-15(29-3)9-7-14/h4-11H,1-3H3,(H,23,25,28). The van der Waals surface area contributed by atoms with Gasteiger partial charge in [-0.3, -0.25) is 4.79 Å². The minimum atomic E-state index is -0.372. The van der Waals surface area contributed by atoms with Crippen LogP contribution in [0.2, 0.25) is 5.02 Å². The number of nitrogens with one attached hydrogen (secondary N) is 1. The minimum Gasteiger partial charge on any atom is -0.497 e. The molecule has 146 valence electrons. The quantitative estimate of drug-likeness (QED) is 0.544. The Morgan fingerprint density at radius 1 is 1.14 bits per heavy atom. The van der Waals surface area contributed by atoms with E-state index in [0.29, 0.717) is 27.6 Å². The number of pyridine rings is 2. The zero-order valence-corrected chi connectivity index (χ0v) is 16.9. The van der Waals surface area contributed by atoms with E-state index in [-0.39, 0.29) is 11.5 Å². The molecule has 3 aromatic heterocycles. The van der Waals surface area contributed by atoms with Gasteiger partial charge in [-0.25, -0.2) is 14.6 Å². The Labute approximate surface area is 172 Å². The van der Waals surface area contributed by atoms with Gasteiger partial charge in [0.15, 0.2) is 5.65 Å². The van der Waals surface area contributed by atoms with Crippen molar-refractivity contribution in [2.24, 2.45) is 0 Å². The summed E-state index contributed by atoms with van der Waals surface area (Å²) in [5.74, 6) is 0.860. The molecule has 0 spiro atoms. The molecule has 0 unspecified atom stereocenters. The Morgan fingerprint density at radius 3 is 2.59 bits per heavy atom. The summed E-state index contributed by atoms with van der Waals surface area (Å²) < 4.78 is 6.90. The number of hydrogen-bond donors (Lipinski definition) is 1. The Bertz CT molecular complexity index is 1220. The van der Waals surface area contributed by atoms with Gasteiger partial charge in [-0.15, -0.1) is 0 Å². The van der Waals surface area contributed by atoms with E-state index in [1.54, 1.807) is 18.0 Å². The number of anilines is 1. The molecular weight excluding hydrogens is 390 g/mol. The Kier molecular flexibility index (Phi) is 4.90. The number of aromatic nitrogens is 4. The van der Waals surface area contributed by atoms with E-state index in [4.69, 9.17) is 16.3 Å². The van der Waals surface area contributed by atoms with E-state index in [1.807, 2.05) is 50.2 Å². The van der Waals surface area contributed by atoms with Crippen LogP contribution in [0.15, 0.2) is 48.8 Å². The van der Waals surface area contributed by atoms with Gasteiger partial charge in [0.05, 0.1) is 34.5 Å². The lowest BCUT2D eigenvalue weighted by molar-refractivity contribution is 0.102. The van der Waals surface area contributed by atoms with E-state index in [0.717, 1.165) is 17.0 Å². The van der Waals surface area contributed by atoms with Crippen LogP contribution in [0.25, 0.3) is 16.7 Å². The molecule has 0 aliphatic rings. The molecule has 0 bridgehead atoms. The van der Waals surface area contributed by atoms with Crippen molar-refractivity contribution in [2.75, 3.05) is 12.4 Å². The van der Waals surface area contributed by atoms with Crippen LogP contribution >= 0.6 is 11.6 Å². The Hall–Kier alpha value is -3.45. The van der Waals surface area contributed by atoms with Gasteiger partial charge in [-0.05, 0) is 49.7 Å². The van der Waals surface area contributed by atoms with Crippen LogP contribution in [0.5, 0.6) is 5.75 Å². The average Bonchev–Trinajstić information content (AvgIpc) is 3.07. The lowest BCUT2D eigenvalue weighted by atomic mass is 10.2. The van der Waals surface area contributed by atoms with Gasteiger partial charge >= 0.3 is 0 Å². The molecular formula is C21H18ClN5O2. The van der Waals surface area contributed by atoms with Gasteiger partial charge in [-0.2, -0.15) is 5.10 Å². The first-order valence-corrected chi connectivity index (χ1v) is 9.28. The average molecular weight is 408 g/mol. The summed E-state index contributed by atoms with van der Waals surface area (Å²) in [6, 6.07) is 11.1. The first-order valence-electron chi connectivity index (χ1n) is 8.91. The number of halogens is 1. The highest BCUT2D eigenvalue weighted by Gasteiger charge is 2.20. The van der Waals surface area contributed by atoms with E-state index < -0.39 is 0 Å². The molecule has 1 N–H and O–H groups in total. The number of carbonyl (C=O) groups excluding carboxylic acids is 1. The zero-order chi connectivity index (χ0) is 20.5. The predicted molar refractivity (Wildman–Crippen MR) is 112 cm³/mol. The molecule has 0 fully saturated rings. The summed E-state index contributed by atoms with van der Waals surface area (Å²) >= 11 is 6.60. The highest BCUT2D eigenvalue weighted by molar-refractivity contribution is 6.39. The molecule has 1 aromatic carbocycles. The van der Waals surface area contributed by atoms with Crippen LogP contribution in [0.3, 0.4) is 0 Å². The summed E-state index contributed by atoms with van der Waals surface area (Å²) in [6.45, 7) is 3.70. The molecule has 0 atom stereocenters. The number of nitrogens with zero attached hydrogens (tertiary/aromatic N) is 4. The van der Waals surface area contributed by atoms with E-state index in [2.05, 4.69) is 20.4 Å². The molecule has 0 saturated heterocycles. The van der Waals surface area contributed by atoms with Crippen LogP contribution in [0, 0.1) is 13.8 Å². The lowest BCUT2D eigenvalue weighted by Gasteiger charge is -2.09. The number of ether oxygens (including phenoxy) is 1. The third kappa shape index (κ3) is 3.40. The van der Waals surface area contributed by atoms with Crippen molar-refractivity contribution < 1.29 is 9.53 Å². The van der Waals surface area contributed by atoms with Crippen molar-refractivity contribution in [1.82, 2.24) is 19.7 Å². The number of hydrogen-bond acceptors (Lipinski definition) is 5. The van der Waals surface area contributed by atoms with Crippen LogP contribution in [0.4, 0.5) is 5.82 Å². The van der Waals surface area contributed by atoms with Gasteiger partial charge in [-0.1, -0.05) is 17.7 Å². The van der Waals surface area contributed by atoms with Crippen molar-refractivity contribution in [1.29, 1.82) is 0 Å². The summed E-state index contributed by atoms with van der Waals surface area (Å²) in [4.78, 5) is 21.4. The van der Waals surface area contributed by atoms with Gasteiger partial charge in [0.1, 0.15) is 11.6 Å². The summed E-state index contributed by atoms with van der Waals surface area (Å²) in [5.41, 5.74) is 3.19. The van der Waals surface area contributed by atoms with Crippen molar-refractivity contribution in [3.8, 4) is 11.4 Å². The van der Waals surface area contributed by atoms with Gasteiger partial charge in [0.25, 0.3) is 5.91 Å². The maximum atomic E-state index is 12.8. The third-order valence-corrected chi connectivity index (χ3v) is 5.00. The van der Waals surface area contributed by atoms with E-state index in [9.17, 15) is 4.79 Å². The van der Waals surface area contributed by atoms with E-state index >= 15 is 0 Å². The van der Waals surface area contributed by atoms with Crippen molar-refractivity contribution in [3.05, 3.63) is 70.6 Å². The second-order valence-electron chi connectivity index (χ2n) is 6.50. The zero-order valence-electron chi connectivity index (χ0n) is 16.1. The fourth-order valence-corrected chi connectivity index (χ4v) is 3.42. The van der Waals surface area contributed by atoms with Crippen molar-refractivity contribution >= 4 is 34.4 Å². The summed E-state index contributed by atoms with van der Waals surface area (Å²) in [7, 11) is 1.61. The molecule has 0 aliphatic carbocycles. The molecule has 8 heteroatoms. The van der Waals surface area contributed by atoms with Crippen LogP contribution in [-0.4, -0.2) is 32.8 Å². The molecule has 1 amide bonds. The Morgan fingerprint density at radius 2 is 1.90 bits per heavy atom. The first-order chi connectivity index (χ1) is 14.0. The van der Waals surface area contributed by atoms with E-state index in [1.165, 1.54) is 6.20 Å². The third-order valence-electron chi connectivity index (χ3n) is 4.61. The van der Waals surface area contributed by atoms with Gasteiger partial charge in [0.2, 0.25) is 0 Å². The van der Waals surface area contributed by atoms with Crippen LogP contribution < -0.4 is 10.1 Å². The molecule has 29 heavy (non-hydrogen) atoms. The second kappa shape index (κ2) is 7.52. The molecule has 3 heterocycles. The number of aryl methyl sites for hydroxylation is 2. The molecule has 4 aromatic rings. The maximum absolute atomic E-state index is 12.8. The summed E-state index contributed by atoms with van der Waals surface area (Å²) in [6.07, 6.45) is 3.08. The van der Waals surface area contributed by atoms with Gasteiger partial charge in [0, 0.05) is 12.4 Å². The molecule has 0 radical (unpaired) electrons. The first kappa shape index (κ1) is 18.9. The largest absolute Gasteiger partial charge is 0.497 e. The number of benzene rings is 1. The number of methoxy groups -OCH3 is 1. The fraction of sp³-hybridized carbons (Fsp3) is 0.143. The maximum Gasteiger partial charge on any atom is 0.259 e. The topological polar surface area (TPSA) is 81.9 Å². The number of amides is 1.